The number of hydrogen-bond acceptors (Lipinski definition) is 3. The van der Waals surface area contributed by atoms with Crippen molar-refractivity contribution < 1.29 is 9.18 Å². The number of aromatic nitrogens is 1. The molecule has 0 aliphatic carbocycles. The Hall–Kier alpha value is -3.21. The van der Waals surface area contributed by atoms with Gasteiger partial charge in [0.1, 0.15) is 11.5 Å². The highest BCUT2D eigenvalue weighted by atomic mass is 19.1. The van der Waals surface area contributed by atoms with Crippen molar-refractivity contribution in [3.63, 3.8) is 0 Å². The molecular formula is C20H18FN3O. The van der Waals surface area contributed by atoms with Gasteiger partial charge in [0.25, 0.3) is 5.91 Å². The zero-order chi connectivity index (χ0) is 17.8. The average molecular weight is 335 g/mol. The normalized spacial score (nSPS) is 10.4. The maximum absolute atomic E-state index is 13.0. The van der Waals surface area contributed by atoms with Crippen molar-refractivity contribution in [3.8, 4) is 0 Å². The largest absolute Gasteiger partial charge is 0.355 e. The highest BCUT2D eigenvalue weighted by Gasteiger charge is 2.09. The Morgan fingerprint density at radius 3 is 2.24 bits per heavy atom. The zero-order valence-electron chi connectivity index (χ0n) is 14.0. The second-order valence-electron chi connectivity index (χ2n) is 5.89. The molecule has 0 saturated carbocycles. The smallest absolute Gasteiger partial charge is 0.274 e. The first-order chi connectivity index (χ1) is 12.0. The fourth-order valence-electron chi connectivity index (χ4n) is 2.57. The number of halogens is 1. The second-order valence-corrected chi connectivity index (χ2v) is 5.89. The molecule has 1 heterocycles. The van der Waals surface area contributed by atoms with Gasteiger partial charge in [-0.05, 0) is 73.5 Å². The third-order valence-electron chi connectivity index (χ3n) is 3.61. The molecule has 0 aliphatic heterocycles. The Bertz CT molecular complexity index is 887. The van der Waals surface area contributed by atoms with Gasteiger partial charge in [0.2, 0.25) is 0 Å². The summed E-state index contributed by atoms with van der Waals surface area (Å²) in [5.41, 5.74) is 4.62. The third-order valence-corrected chi connectivity index (χ3v) is 3.61. The first-order valence-electron chi connectivity index (χ1n) is 7.88. The van der Waals surface area contributed by atoms with Gasteiger partial charge in [-0.25, -0.2) is 4.39 Å². The van der Waals surface area contributed by atoms with Crippen LogP contribution in [0.15, 0.2) is 60.8 Å². The molecule has 126 valence electrons. The van der Waals surface area contributed by atoms with E-state index in [-0.39, 0.29) is 11.7 Å². The van der Waals surface area contributed by atoms with E-state index in [1.54, 1.807) is 30.5 Å². The van der Waals surface area contributed by atoms with Gasteiger partial charge in [0.15, 0.2) is 0 Å². The molecule has 0 fully saturated rings. The Labute approximate surface area is 145 Å². The van der Waals surface area contributed by atoms with Crippen molar-refractivity contribution in [2.45, 2.75) is 13.8 Å². The van der Waals surface area contributed by atoms with E-state index in [2.05, 4.69) is 15.6 Å². The van der Waals surface area contributed by atoms with E-state index in [9.17, 15) is 9.18 Å². The van der Waals surface area contributed by atoms with E-state index in [4.69, 9.17) is 0 Å². The SMILES string of the molecule is Cc1cc(C)cc(NC(=O)c2cc(Nc3ccc(F)cc3)ccn2)c1. The quantitative estimate of drug-likeness (QED) is 0.718. The predicted molar refractivity (Wildman–Crippen MR) is 97.8 cm³/mol. The molecule has 0 unspecified atom stereocenters. The topological polar surface area (TPSA) is 54.0 Å². The minimum absolute atomic E-state index is 0.284. The van der Waals surface area contributed by atoms with Gasteiger partial charge in [-0.2, -0.15) is 0 Å². The number of anilines is 3. The monoisotopic (exact) mass is 335 g/mol. The number of aryl methyl sites for hydroxylation is 2. The van der Waals surface area contributed by atoms with Crippen LogP contribution in [0.25, 0.3) is 0 Å². The van der Waals surface area contributed by atoms with Gasteiger partial charge >= 0.3 is 0 Å². The standard InChI is InChI=1S/C20H18FN3O/c1-13-9-14(2)11-18(10-13)24-20(25)19-12-17(7-8-22-19)23-16-5-3-15(21)4-6-16/h3-12H,1-2H3,(H,22,23)(H,24,25). The number of rotatable bonds is 4. The van der Waals surface area contributed by atoms with Crippen molar-refractivity contribution in [3.05, 3.63) is 83.4 Å². The fourth-order valence-corrected chi connectivity index (χ4v) is 2.57. The maximum Gasteiger partial charge on any atom is 0.274 e. The summed E-state index contributed by atoms with van der Waals surface area (Å²) in [4.78, 5) is 16.6. The minimum Gasteiger partial charge on any atom is -0.355 e. The van der Waals surface area contributed by atoms with Gasteiger partial charge in [-0.15, -0.1) is 0 Å². The first-order valence-corrected chi connectivity index (χ1v) is 7.88. The Balaban J connectivity index is 1.76. The number of hydrogen-bond donors (Lipinski definition) is 2. The lowest BCUT2D eigenvalue weighted by Crippen LogP contribution is -2.14. The summed E-state index contributed by atoms with van der Waals surface area (Å²) < 4.78 is 13.0. The lowest BCUT2D eigenvalue weighted by Gasteiger charge is -2.09. The highest BCUT2D eigenvalue weighted by Crippen LogP contribution is 2.18. The fraction of sp³-hybridized carbons (Fsp3) is 0.100. The van der Waals surface area contributed by atoms with E-state index < -0.39 is 0 Å². The Morgan fingerprint density at radius 2 is 1.56 bits per heavy atom. The second kappa shape index (κ2) is 7.13. The van der Waals surface area contributed by atoms with E-state index in [1.807, 2.05) is 32.0 Å². The van der Waals surface area contributed by atoms with Crippen molar-refractivity contribution in [1.82, 2.24) is 4.98 Å². The minimum atomic E-state index is -0.297. The summed E-state index contributed by atoms with van der Waals surface area (Å²) in [7, 11) is 0. The Morgan fingerprint density at radius 1 is 0.880 bits per heavy atom. The zero-order valence-corrected chi connectivity index (χ0v) is 14.0. The number of benzene rings is 2. The number of nitrogens with one attached hydrogen (secondary N) is 2. The van der Waals surface area contributed by atoms with Crippen LogP contribution >= 0.6 is 0 Å². The highest BCUT2D eigenvalue weighted by molar-refractivity contribution is 6.03. The molecule has 3 aromatic rings. The van der Waals surface area contributed by atoms with Crippen LogP contribution in [0.1, 0.15) is 21.6 Å². The van der Waals surface area contributed by atoms with Gasteiger partial charge < -0.3 is 10.6 Å². The van der Waals surface area contributed by atoms with Crippen LogP contribution in [0.4, 0.5) is 21.5 Å². The molecule has 3 rings (SSSR count). The van der Waals surface area contributed by atoms with Crippen LogP contribution in [-0.2, 0) is 0 Å². The number of amides is 1. The van der Waals surface area contributed by atoms with Gasteiger partial charge in [0.05, 0.1) is 0 Å². The summed E-state index contributed by atoms with van der Waals surface area (Å²) in [6.45, 7) is 3.96. The number of carbonyl (C=O) groups excluding carboxylic acids is 1. The molecule has 2 aromatic carbocycles. The molecule has 0 radical (unpaired) electrons. The third kappa shape index (κ3) is 4.41. The van der Waals surface area contributed by atoms with E-state index in [0.29, 0.717) is 11.4 Å². The van der Waals surface area contributed by atoms with Gasteiger partial charge in [-0.1, -0.05) is 6.07 Å². The summed E-state index contributed by atoms with van der Waals surface area (Å²) in [6, 6.07) is 15.3. The lowest BCUT2D eigenvalue weighted by molar-refractivity contribution is 0.102. The van der Waals surface area contributed by atoms with E-state index in [1.165, 1.54) is 12.1 Å². The molecule has 25 heavy (non-hydrogen) atoms. The van der Waals surface area contributed by atoms with Crippen LogP contribution in [0.2, 0.25) is 0 Å². The molecule has 5 heteroatoms. The predicted octanol–water partition coefficient (Wildman–Crippen LogP) is 4.83. The summed E-state index contributed by atoms with van der Waals surface area (Å²) in [6.07, 6.45) is 1.56. The van der Waals surface area contributed by atoms with Gasteiger partial charge in [0, 0.05) is 23.3 Å². The van der Waals surface area contributed by atoms with Crippen LogP contribution in [0.3, 0.4) is 0 Å². The van der Waals surface area contributed by atoms with E-state index >= 15 is 0 Å². The van der Waals surface area contributed by atoms with Crippen molar-refractivity contribution in [2.24, 2.45) is 0 Å². The molecule has 1 aromatic heterocycles. The van der Waals surface area contributed by atoms with E-state index in [0.717, 1.165) is 22.5 Å². The molecule has 0 atom stereocenters. The molecule has 2 N–H and O–H groups in total. The maximum atomic E-state index is 13.0. The van der Waals surface area contributed by atoms with Gasteiger partial charge in [-0.3, -0.25) is 9.78 Å². The van der Waals surface area contributed by atoms with Crippen molar-refractivity contribution in [1.29, 1.82) is 0 Å². The summed E-state index contributed by atoms with van der Waals surface area (Å²) in [5.74, 6) is -0.582. The van der Waals surface area contributed by atoms with Crippen molar-refractivity contribution in [2.75, 3.05) is 10.6 Å². The number of pyridine rings is 1. The Kier molecular flexibility index (Phi) is 4.75. The average Bonchev–Trinajstić information content (AvgIpc) is 2.56. The summed E-state index contributed by atoms with van der Waals surface area (Å²) in [5, 5.41) is 5.98. The molecule has 0 spiro atoms. The molecule has 1 amide bonds. The van der Waals surface area contributed by atoms with Crippen LogP contribution in [0, 0.1) is 19.7 Å². The van der Waals surface area contributed by atoms with Crippen molar-refractivity contribution >= 4 is 23.0 Å². The molecule has 0 aliphatic rings. The van der Waals surface area contributed by atoms with Crippen LogP contribution < -0.4 is 10.6 Å². The molecule has 0 bridgehead atoms. The molecular weight excluding hydrogens is 317 g/mol. The van der Waals surface area contributed by atoms with Crippen LogP contribution in [0.5, 0.6) is 0 Å². The van der Waals surface area contributed by atoms with Crippen LogP contribution in [-0.4, -0.2) is 10.9 Å². The lowest BCUT2D eigenvalue weighted by atomic mass is 10.1. The molecule has 0 saturated heterocycles. The summed E-state index contributed by atoms with van der Waals surface area (Å²) >= 11 is 0. The first kappa shape index (κ1) is 16.6. The molecule has 4 nitrogen and oxygen atoms in total. The number of nitrogens with zero attached hydrogens (tertiary/aromatic N) is 1. The number of carbonyl (C=O) groups is 1.